The number of hydrazine groups is 1. The second-order valence-corrected chi connectivity index (χ2v) is 10.7. The maximum Gasteiger partial charge on any atom is 0.339 e. The standard InChI is InChI=1S/C21H24ClN7O4S/c22-15-3-4-17-14(10-15)11-19(25-17)34(31,32)27-8-9-28(16(12-27)2-1-6-23)21(30)29-7-5-18-20(26-29)33-13-24-18/h3-4,10-11,16,24-26H,1-2,5,7-9,12-13H2. The zero-order valence-corrected chi connectivity index (χ0v) is 19.8. The summed E-state index contributed by atoms with van der Waals surface area (Å²) in [5, 5.41) is 15.0. The van der Waals surface area contributed by atoms with Gasteiger partial charge in [-0.1, -0.05) is 11.6 Å². The lowest BCUT2D eigenvalue weighted by Gasteiger charge is -2.43. The summed E-state index contributed by atoms with van der Waals surface area (Å²) in [4.78, 5) is 17.9. The molecule has 1 saturated heterocycles. The average Bonchev–Trinajstić information content (AvgIpc) is 3.48. The molecular weight excluding hydrogens is 482 g/mol. The van der Waals surface area contributed by atoms with Crippen LogP contribution in [0.3, 0.4) is 0 Å². The molecule has 0 spiro atoms. The number of halogens is 1. The smallest absolute Gasteiger partial charge is 0.339 e. The van der Waals surface area contributed by atoms with Gasteiger partial charge in [-0.25, -0.2) is 18.2 Å². The van der Waals surface area contributed by atoms with E-state index in [4.69, 9.17) is 21.6 Å². The number of fused-ring (bicyclic) bond motifs is 1. The Morgan fingerprint density at radius 3 is 2.94 bits per heavy atom. The summed E-state index contributed by atoms with van der Waals surface area (Å²) in [6.07, 6.45) is 1.22. The van der Waals surface area contributed by atoms with Crippen molar-refractivity contribution in [2.75, 3.05) is 32.9 Å². The number of carbonyl (C=O) groups is 1. The number of aromatic amines is 1. The molecule has 0 radical (unpaired) electrons. The van der Waals surface area contributed by atoms with Gasteiger partial charge in [0.1, 0.15) is 5.03 Å². The molecule has 1 unspecified atom stereocenters. The molecule has 3 N–H and O–H groups in total. The van der Waals surface area contributed by atoms with Gasteiger partial charge in [0, 0.05) is 61.0 Å². The zero-order chi connectivity index (χ0) is 23.9. The minimum atomic E-state index is -3.83. The molecule has 0 aliphatic carbocycles. The number of hydrogen-bond acceptors (Lipinski definition) is 7. The highest BCUT2D eigenvalue weighted by atomic mass is 35.5. The maximum atomic E-state index is 13.4. The van der Waals surface area contributed by atoms with E-state index in [-0.39, 0.29) is 37.1 Å². The number of nitriles is 1. The number of nitrogens with zero attached hydrogens (tertiary/aromatic N) is 4. The second kappa shape index (κ2) is 8.90. The summed E-state index contributed by atoms with van der Waals surface area (Å²) < 4.78 is 33.6. The highest BCUT2D eigenvalue weighted by Crippen LogP contribution is 2.27. The van der Waals surface area contributed by atoms with Gasteiger partial charge >= 0.3 is 6.03 Å². The lowest BCUT2D eigenvalue weighted by atomic mass is 10.1. The van der Waals surface area contributed by atoms with Crippen molar-refractivity contribution in [1.29, 1.82) is 5.26 Å². The van der Waals surface area contributed by atoms with Gasteiger partial charge in [0.2, 0.25) is 5.88 Å². The van der Waals surface area contributed by atoms with Crippen molar-refractivity contribution in [3.63, 3.8) is 0 Å². The number of aromatic nitrogens is 1. The molecular formula is C21H24ClN7O4S. The highest BCUT2D eigenvalue weighted by molar-refractivity contribution is 7.89. The van der Waals surface area contributed by atoms with E-state index in [1.54, 1.807) is 29.2 Å². The van der Waals surface area contributed by atoms with Gasteiger partial charge in [0.15, 0.2) is 6.73 Å². The zero-order valence-electron chi connectivity index (χ0n) is 18.3. The number of carbonyl (C=O) groups excluding carboxylic acids is 1. The Morgan fingerprint density at radius 2 is 2.12 bits per heavy atom. The van der Waals surface area contributed by atoms with Crippen LogP contribution in [-0.2, 0) is 14.8 Å². The summed E-state index contributed by atoms with van der Waals surface area (Å²) in [5.74, 6) is 0.535. The molecule has 5 rings (SSSR count). The van der Waals surface area contributed by atoms with Gasteiger partial charge in [-0.2, -0.15) is 9.57 Å². The van der Waals surface area contributed by atoms with Crippen LogP contribution >= 0.6 is 11.6 Å². The van der Waals surface area contributed by atoms with Crippen LogP contribution in [0.2, 0.25) is 5.02 Å². The summed E-state index contributed by atoms with van der Waals surface area (Å²) in [7, 11) is -3.83. The molecule has 4 heterocycles. The fourth-order valence-electron chi connectivity index (χ4n) is 4.50. The van der Waals surface area contributed by atoms with Crippen molar-refractivity contribution >= 4 is 38.6 Å². The third-order valence-electron chi connectivity index (χ3n) is 6.29. The van der Waals surface area contributed by atoms with Crippen molar-refractivity contribution in [3.8, 4) is 6.07 Å². The van der Waals surface area contributed by atoms with Crippen LogP contribution in [0.1, 0.15) is 19.3 Å². The average molecular weight is 506 g/mol. The van der Waals surface area contributed by atoms with Crippen LogP contribution in [0.5, 0.6) is 0 Å². The van der Waals surface area contributed by atoms with Gasteiger partial charge in [-0.3, -0.25) is 5.43 Å². The molecule has 2 amide bonds. The first-order valence-corrected chi connectivity index (χ1v) is 12.8. The topological polar surface area (TPSA) is 134 Å². The molecule has 0 saturated carbocycles. The summed E-state index contributed by atoms with van der Waals surface area (Å²) in [6.45, 7) is 1.28. The van der Waals surface area contributed by atoms with Crippen LogP contribution < -0.4 is 10.7 Å². The Kier molecular flexibility index (Phi) is 5.93. The first-order chi connectivity index (χ1) is 16.4. The molecule has 3 aliphatic rings. The number of benzene rings is 1. The van der Waals surface area contributed by atoms with E-state index in [0.29, 0.717) is 47.9 Å². The molecule has 2 aromatic rings. The Morgan fingerprint density at radius 1 is 1.26 bits per heavy atom. The molecule has 0 bridgehead atoms. The number of rotatable bonds is 4. The van der Waals surface area contributed by atoms with E-state index in [0.717, 1.165) is 5.70 Å². The first-order valence-electron chi connectivity index (χ1n) is 11.0. The molecule has 34 heavy (non-hydrogen) atoms. The predicted octanol–water partition coefficient (Wildman–Crippen LogP) is 1.88. The Hall–Kier alpha value is -3.14. The molecule has 1 aromatic carbocycles. The van der Waals surface area contributed by atoms with Gasteiger partial charge in [0.05, 0.1) is 11.8 Å². The number of urea groups is 1. The van der Waals surface area contributed by atoms with Gasteiger partial charge < -0.3 is 19.9 Å². The lowest BCUT2D eigenvalue weighted by molar-refractivity contribution is 0.0722. The Balaban J connectivity index is 1.34. The fraction of sp³-hybridized carbons (Fsp3) is 0.429. The molecule has 180 valence electrons. The number of sulfonamides is 1. The summed E-state index contributed by atoms with van der Waals surface area (Å²) >= 11 is 6.04. The summed E-state index contributed by atoms with van der Waals surface area (Å²) in [6, 6.07) is 8.10. The third kappa shape index (κ3) is 4.11. The third-order valence-corrected chi connectivity index (χ3v) is 8.31. The quantitative estimate of drug-likeness (QED) is 0.577. The van der Waals surface area contributed by atoms with Crippen LogP contribution in [-0.4, -0.2) is 72.6 Å². The normalized spacial score (nSPS) is 21.0. The van der Waals surface area contributed by atoms with Crippen LogP contribution in [0.15, 0.2) is 40.9 Å². The number of ether oxygens (including phenoxy) is 1. The Bertz CT molecular complexity index is 1300. The number of hydrogen-bond donors (Lipinski definition) is 3. The maximum absolute atomic E-state index is 13.4. The lowest BCUT2D eigenvalue weighted by Crippen LogP contribution is -2.61. The van der Waals surface area contributed by atoms with E-state index >= 15 is 0 Å². The van der Waals surface area contributed by atoms with Gasteiger partial charge in [0.25, 0.3) is 10.0 Å². The monoisotopic (exact) mass is 505 g/mol. The van der Waals surface area contributed by atoms with E-state index in [2.05, 4.69) is 21.8 Å². The first kappa shape index (κ1) is 22.6. The predicted molar refractivity (Wildman–Crippen MR) is 123 cm³/mol. The number of nitrogens with one attached hydrogen (secondary N) is 3. The minimum absolute atomic E-state index is 0.0756. The molecule has 13 heteroatoms. The fourth-order valence-corrected chi connectivity index (χ4v) is 6.16. The molecule has 1 aromatic heterocycles. The van der Waals surface area contributed by atoms with Crippen LogP contribution in [0, 0.1) is 11.3 Å². The van der Waals surface area contributed by atoms with E-state index in [1.807, 2.05) is 0 Å². The van der Waals surface area contributed by atoms with Gasteiger partial charge in [-0.15, -0.1) is 0 Å². The Labute approximate surface area is 201 Å². The van der Waals surface area contributed by atoms with Crippen molar-refractivity contribution in [3.05, 3.63) is 40.9 Å². The van der Waals surface area contributed by atoms with Crippen LogP contribution in [0.25, 0.3) is 10.9 Å². The number of H-pyrrole nitrogens is 1. The molecule has 1 atom stereocenters. The van der Waals surface area contributed by atoms with E-state index in [1.165, 1.54) is 9.31 Å². The van der Waals surface area contributed by atoms with Crippen molar-refractivity contribution < 1.29 is 17.9 Å². The summed E-state index contributed by atoms with van der Waals surface area (Å²) in [5.41, 5.74) is 4.60. The minimum Gasteiger partial charge on any atom is -0.456 e. The van der Waals surface area contributed by atoms with Crippen LogP contribution in [0.4, 0.5) is 4.79 Å². The molecule has 3 aliphatic heterocycles. The number of amides is 2. The van der Waals surface area contributed by atoms with Crippen molar-refractivity contribution in [2.45, 2.75) is 30.3 Å². The molecule has 11 nitrogen and oxygen atoms in total. The molecule has 1 fully saturated rings. The van der Waals surface area contributed by atoms with E-state index in [9.17, 15) is 13.2 Å². The van der Waals surface area contributed by atoms with E-state index < -0.39 is 16.1 Å². The highest BCUT2D eigenvalue weighted by Gasteiger charge is 2.39. The SMILES string of the molecule is N#CCCC1CN(S(=O)(=O)c2cc3cc(Cl)ccc3[nH]2)CCN1C(=O)N1CCC2=C(N1)OCN2. The largest absolute Gasteiger partial charge is 0.456 e. The second-order valence-electron chi connectivity index (χ2n) is 8.34. The number of piperazine rings is 1. The van der Waals surface area contributed by atoms with Crippen molar-refractivity contribution in [1.82, 2.24) is 29.9 Å². The van der Waals surface area contributed by atoms with Gasteiger partial charge in [-0.05, 0) is 30.7 Å². The van der Waals surface area contributed by atoms with Crippen molar-refractivity contribution in [2.24, 2.45) is 0 Å².